The highest BCUT2D eigenvalue weighted by atomic mass is 19.4. The van der Waals surface area contributed by atoms with Gasteiger partial charge in [0.25, 0.3) is 0 Å². The first-order valence-electron chi connectivity index (χ1n) is 4.83. The molecule has 0 saturated carbocycles. The Kier molecular flexibility index (Phi) is 3.94. The number of nitrogens with two attached hydrogens (primary N) is 2. The zero-order valence-electron chi connectivity index (χ0n) is 8.76. The number of phenols is 1. The van der Waals surface area contributed by atoms with Crippen molar-refractivity contribution in [2.75, 3.05) is 6.54 Å². The first-order chi connectivity index (χ1) is 7.79. The second-order valence-corrected chi connectivity index (χ2v) is 3.54. The average molecular weight is 252 g/mol. The van der Waals surface area contributed by atoms with E-state index in [0.717, 1.165) is 0 Å². The largest absolute Gasteiger partial charge is 0.505 e. The maximum absolute atomic E-state index is 13.0. The van der Waals surface area contributed by atoms with Gasteiger partial charge in [0.05, 0.1) is 5.56 Å². The molecule has 0 aliphatic rings. The van der Waals surface area contributed by atoms with Gasteiger partial charge in [-0.25, -0.2) is 4.39 Å². The van der Waals surface area contributed by atoms with Gasteiger partial charge in [0.2, 0.25) is 0 Å². The van der Waals surface area contributed by atoms with Crippen LogP contribution >= 0.6 is 0 Å². The summed E-state index contributed by atoms with van der Waals surface area (Å²) < 4.78 is 51.0. The summed E-state index contributed by atoms with van der Waals surface area (Å²) in [7, 11) is 0. The third-order valence-corrected chi connectivity index (χ3v) is 2.32. The lowest BCUT2D eigenvalue weighted by molar-refractivity contribution is -0.138. The molecule has 0 heterocycles. The predicted octanol–water partition coefficient (Wildman–Crippen LogP) is 1.90. The Bertz CT molecular complexity index is 406. The van der Waals surface area contributed by atoms with Crippen molar-refractivity contribution < 1.29 is 22.7 Å². The number of hydrogen-bond donors (Lipinski definition) is 3. The summed E-state index contributed by atoms with van der Waals surface area (Å²) in [6.07, 6.45) is -4.69. The Labute approximate surface area is 95.0 Å². The van der Waals surface area contributed by atoms with Crippen LogP contribution in [0.15, 0.2) is 12.1 Å². The SMILES string of the molecule is NCC[C@@H](N)c1c(C(F)(F)F)ccc(F)c1O. The summed E-state index contributed by atoms with van der Waals surface area (Å²) in [6.45, 7) is 0.0361. The summed E-state index contributed by atoms with van der Waals surface area (Å²) in [5.41, 5.74) is 8.85. The van der Waals surface area contributed by atoms with Gasteiger partial charge in [0.15, 0.2) is 11.6 Å². The van der Waals surface area contributed by atoms with Crippen LogP contribution in [0, 0.1) is 5.82 Å². The molecule has 0 spiro atoms. The van der Waals surface area contributed by atoms with E-state index in [1.165, 1.54) is 0 Å². The normalized spacial score (nSPS) is 13.8. The van der Waals surface area contributed by atoms with Crippen molar-refractivity contribution in [3.05, 3.63) is 29.1 Å². The lowest BCUT2D eigenvalue weighted by Crippen LogP contribution is -2.20. The van der Waals surface area contributed by atoms with Crippen molar-refractivity contribution in [3.63, 3.8) is 0 Å². The van der Waals surface area contributed by atoms with Crippen molar-refractivity contribution >= 4 is 0 Å². The van der Waals surface area contributed by atoms with Gasteiger partial charge in [-0.15, -0.1) is 0 Å². The number of phenolic OH excluding ortho intramolecular Hbond substituents is 1. The molecule has 0 aliphatic carbocycles. The topological polar surface area (TPSA) is 72.3 Å². The molecule has 17 heavy (non-hydrogen) atoms. The predicted molar refractivity (Wildman–Crippen MR) is 53.7 cm³/mol. The van der Waals surface area contributed by atoms with Crippen LogP contribution in [0.5, 0.6) is 5.75 Å². The quantitative estimate of drug-likeness (QED) is 0.719. The highest BCUT2D eigenvalue weighted by molar-refractivity contribution is 5.44. The fraction of sp³-hybridized carbons (Fsp3) is 0.400. The van der Waals surface area contributed by atoms with Crippen molar-refractivity contribution in [2.24, 2.45) is 11.5 Å². The molecule has 0 amide bonds. The molecule has 0 aliphatic heterocycles. The van der Waals surface area contributed by atoms with Crippen molar-refractivity contribution in [1.82, 2.24) is 0 Å². The number of rotatable bonds is 3. The maximum Gasteiger partial charge on any atom is 0.416 e. The molecule has 0 radical (unpaired) electrons. The van der Waals surface area contributed by atoms with E-state index in [4.69, 9.17) is 11.5 Å². The molecule has 1 aromatic carbocycles. The van der Waals surface area contributed by atoms with Gasteiger partial charge in [-0.05, 0) is 25.1 Å². The maximum atomic E-state index is 13.0. The first kappa shape index (κ1) is 13.7. The van der Waals surface area contributed by atoms with Crippen LogP contribution in [0.4, 0.5) is 17.6 Å². The van der Waals surface area contributed by atoms with Gasteiger partial charge < -0.3 is 16.6 Å². The Balaban J connectivity index is 3.36. The van der Waals surface area contributed by atoms with Crippen LogP contribution in [0.1, 0.15) is 23.6 Å². The van der Waals surface area contributed by atoms with Crippen molar-refractivity contribution in [3.8, 4) is 5.75 Å². The van der Waals surface area contributed by atoms with E-state index >= 15 is 0 Å². The molecule has 3 nitrogen and oxygen atoms in total. The number of halogens is 4. The molecular formula is C10H12F4N2O. The van der Waals surface area contributed by atoms with E-state index in [9.17, 15) is 22.7 Å². The van der Waals surface area contributed by atoms with Crippen LogP contribution in [0.2, 0.25) is 0 Å². The first-order valence-corrected chi connectivity index (χ1v) is 4.83. The standard InChI is InChI=1S/C10H12F4N2O/c11-6-2-1-5(10(12,13)14)8(9(6)17)7(16)3-4-15/h1-2,7,17H,3-4,15-16H2/t7-/m1/s1. The number of hydrogen-bond acceptors (Lipinski definition) is 3. The Morgan fingerprint density at radius 3 is 2.35 bits per heavy atom. The van der Waals surface area contributed by atoms with E-state index in [-0.39, 0.29) is 13.0 Å². The number of benzene rings is 1. The van der Waals surface area contributed by atoms with Crippen LogP contribution in [-0.2, 0) is 6.18 Å². The number of alkyl halides is 3. The van der Waals surface area contributed by atoms with Crippen LogP contribution in [-0.4, -0.2) is 11.7 Å². The van der Waals surface area contributed by atoms with Gasteiger partial charge in [0.1, 0.15) is 0 Å². The summed E-state index contributed by atoms with van der Waals surface area (Å²) in [6, 6.07) is -0.0512. The molecule has 96 valence electrons. The minimum Gasteiger partial charge on any atom is -0.505 e. The molecule has 0 fully saturated rings. The summed E-state index contributed by atoms with van der Waals surface area (Å²) in [5, 5.41) is 9.34. The monoisotopic (exact) mass is 252 g/mol. The average Bonchev–Trinajstić information content (AvgIpc) is 2.20. The summed E-state index contributed by atoms with van der Waals surface area (Å²) in [5.74, 6) is -2.21. The molecule has 1 rings (SSSR count). The van der Waals surface area contributed by atoms with Crippen molar-refractivity contribution in [2.45, 2.75) is 18.6 Å². The smallest absolute Gasteiger partial charge is 0.416 e. The van der Waals surface area contributed by atoms with E-state index in [1.807, 2.05) is 0 Å². The molecule has 1 atom stereocenters. The number of aromatic hydroxyl groups is 1. The molecule has 0 aromatic heterocycles. The molecule has 0 unspecified atom stereocenters. The summed E-state index contributed by atoms with van der Waals surface area (Å²) in [4.78, 5) is 0. The Morgan fingerprint density at radius 2 is 1.88 bits per heavy atom. The van der Waals surface area contributed by atoms with Gasteiger partial charge >= 0.3 is 6.18 Å². The van der Waals surface area contributed by atoms with Gasteiger partial charge in [-0.3, -0.25) is 0 Å². The second kappa shape index (κ2) is 4.89. The van der Waals surface area contributed by atoms with E-state index < -0.39 is 34.9 Å². The molecule has 7 heteroatoms. The van der Waals surface area contributed by atoms with E-state index in [1.54, 1.807) is 0 Å². The van der Waals surface area contributed by atoms with Crippen LogP contribution in [0.3, 0.4) is 0 Å². The fourth-order valence-corrected chi connectivity index (χ4v) is 1.53. The third-order valence-electron chi connectivity index (χ3n) is 2.32. The third kappa shape index (κ3) is 2.86. The highest BCUT2D eigenvalue weighted by Crippen LogP contribution is 2.40. The molecule has 0 saturated heterocycles. The zero-order valence-corrected chi connectivity index (χ0v) is 8.76. The lowest BCUT2D eigenvalue weighted by Gasteiger charge is -2.19. The minimum atomic E-state index is -4.70. The summed E-state index contributed by atoms with van der Waals surface area (Å²) >= 11 is 0. The molecule has 1 aromatic rings. The van der Waals surface area contributed by atoms with Gasteiger partial charge in [-0.1, -0.05) is 0 Å². The fourth-order valence-electron chi connectivity index (χ4n) is 1.53. The minimum absolute atomic E-state index is 0.0140. The van der Waals surface area contributed by atoms with Crippen LogP contribution in [0.25, 0.3) is 0 Å². The molecular weight excluding hydrogens is 240 g/mol. The van der Waals surface area contributed by atoms with Crippen LogP contribution < -0.4 is 11.5 Å². The molecule has 5 N–H and O–H groups in total. The van der Waals surface area contributed by atoms with Crippen molar-refractivity contribution in [1.29, 1.82) is 0 Å². The second-order valence-electron chi connectivity index (χ2n) is 3.54. The molecule has 0 bridgehead atoms. The van der Waals surface area contributed by atoms with Gasteiger partial charge in [-0.2, -0.15) is 13.2 Å². The highest BCUT2D eigenvalue weighted by Gasteiger charge is 2.36. The lowest BCUT2D eigenvalue weighted by atomic mass is 9.96. The zero-order chi connectivity index (χ0) is 13.2. The van der Waals surface area contributed by atoms with E-state index in [2.05, 4.69) is 0 Å². The Morgan fingerprint density at radius 1 is 1.29 bits per heavy atom. The van der Waals surface area contributed by atoms with Gasteiger partial charge in [0, 0.05) is 11.6 Å². The van der Waals surface area contributed by atoms with E-state index in [0.29, 0.717) is 12.1 Å². The Hall–Kier alpha value is -1.34.